The smallest absolute Gasteiger partial charge is 0.135 e. The lowest BCUT2D eigenvalue weighted by atomic mass is 9.93. The lowest BCUT2D eigenvalue weighted by Gasteiger charge is -2.39. The minimum Gasteiger partial charge on any atom is -0.379 e. The Morgan fingerprint density at radius 2 is 2.00 bits per heavy atom. The fraction of sp³-hybridized carbons (Fsp3) is 0.421. The van der Waals surface area contributed by atoms with Crippen LogP contribution in [0.3, 0.4) is 0 Å². The van der Waals surface area contributed by atoms with E-state index in [4.69, 9.17) is 4.74 Å². The third-order valence-corrected chi connectivity index (χ3v) is 5.30. The van der Waals surface area contributed by atoms with Crippen LogP contribution in [0.25, 0.3) is 0 Å². The number of anilines is 4. The van der Waals surface area contributed by atoms with Crippen molar-refractivity contribution in [2.24, 2.45) is 0 Å². The summed E-state index contributed by atoms with van der Waals surface area (Å²) in [5, 5.41) is 6.98. The fourth-order valence-corrected chi connectivity index (χ4v) is 3.44. The predicted octanol–water partition coefficient (Wildman–Crippen LogP) is 3.76. The van der Waals surface area contributed by atoms with Gasteiger partial charge in [0.15, 0.2) is 0 Å². The van der Waals surface area contributed by atoms with E-state index in [0.717, 1.165) is 49.7 Å². The van der Waals surface area contributed by atoms with Crippen LogP contribution >= 0.6 is 0 Å². The molecule has 2 aliphatic heterocycles. The van der Waals surface area contributed by atoms with Crippen molar-refractivity contribution < 1.29 is 4.74 Å². The third-order valence-electron chi connectivity index (χ3n) is 5.30. The molecule has 3 heterocycles. The molecule has 1 aromatic carbocycles. The van der Waals surface area contributed by atoms with Crippen molar-refractivity contribution in [3.63, 3.8) is 0 Å². The second kappa shape index (κ2) is 5.98. The molecule has 0 bridgehead atoms. The van der Waals surface area contributed by atoms with Crippen LogP contribution in [0.2, 0.25) is 0 Å². The van der Waals surface area contributed by atoms with Gasteiger partial charge in [-0.25, -0.2) is 4.98 Å². The van der Waals surface area contributed by atoms with Gasteiger partial charge in [0.25, 0.3) is 0 Å². The average Bonchev–Trinajstić information content (AvgIpc) is 2.81. The van der Waals surface area contributed by atoms with Gasteiger partial charge < -0.3 is 20.3 Å². The number of hydrogen-bond acceptors (Lipinski definition) is 5. The molecule has 1 fully saturated rings. The lowest BCUT2D eigenvalue weighted by molar-refractivity contribution is -0.0132. The van der Waals surface area contributed by atoms with E-state index in [2.05, 4.69) is 51.7 Å². The van der Waals surface area contributed by atoms with Gasteiger partial charge in [-0.15, -0.1) is 0 Å². The molecule has 1 saturated heterocycles. The van der Waals surface area contributed by atoms with Crippen molar-refractivity contribution in [2.45, 2.75) is 31.9 Å². The second-order valence-corrected chi connectivity index (χ2v) is 6.86. The SMILES string of the molecule is COC1(C)CCN(c2ccc3c(c2)NCc2cccnc2N3)CC1. The highest BCUT2D eigenvalue weighted by atomic mass is 16.5. The molecule has 5 heteroatoms. The van der Waals surface area contributed by atoms with E-state index in [9.17, 15) is 0 Å². The number of hydrogen-bond donors (Lipinski definition) is 2. The molecule has 4 rings (SSSR count). The second-order valence-electron chi connectivity index (χ2n) is 6.86. The number of methoxy groups -OCH3 is 1. The van der Waals surface area contributed by atoms with Crippen LogP contribution in [0, 0.1) is 0 Å². The lowest BCUT2D eigenvalue weighted by Crippen LogP contribution is -2.43. The quantitative estimate of drug-likeness (QED) is 0.881. The Morgan fingerprint density at radius 1 is 1.17 bits per heavy atom. The molecule has 1 aromatic heterocycles. The van der Waals surface area contributed by atoms with Gasteiger partial charge >= 0.3 is 0 Å². The number of aromatic nitrogens is 1. The summed E-state index contributed by atoms with van der Waals surface area (Å²) < 4.78 is 5.65. The van der Waals surface area contributed by atoms with Gasteiger partial charge in [0.05, 0.1) is 17.0 Å². The van der Waals surface area contributed by atoms with Crippen LogP contribution in [0.5, 0.6) is 0 Å². The molecule has 0 spiro atoms. The minimum absolute atomic E-state index is 0.0231. The molecule has 0 saturated carbocycles. The van der Waals surface area contributed by atoms with Gasteiger partial charge in [-0.2, -0.15) is 0 Å². The van der Waals surface area contributed by atoms with Crippen LogP contribution < -0.4 is 15.5 Å². The molecule has 24 heavy (non-hydrogen) atoms. The Balaban J connectivity index is 1.55. The van der Waals surface area contributed by atoms with Gasteiger partial charge in [-0.1, -0.05) is 6.07 Å². The molecular weight excluding hydrogens is 300 g/mol. The van der Waals surface area contributed by atoms with Crippen molar-refractivity contribution in [1.29, 1.82) is 0 Å². The molecule has 5 nitrogen and oxygen atoms in total. The Morgan fingerprint density at radius 3 is 2.79 bits per heavy atom. The average molecular weight is 324 g/mol. The standard InChI is InChI=1S/C19H24N4O/c1-19(24-2)7-10-23(11-8-19)15-5-6-16-17(12-15)21-13-14-4-3-9-20-18(14)22-16/h3-6,9,12,21H,7-8,10-11,13H2,1-2H3,(H,20,22). The van der Waals surface area contributed by atoms with Gasteiger partial charge in [-0.3, -0.25) is 0 Å². The zero-order valence-electron chi connectivity index (χ0n) is 14.3. The third kappa shape index (κ3) is 2.80. The molecule has 2 aliphatic rings. The Bertz CT molecular complexity index is 738. The summed E-state index contributed by atoms with van der Waals surface area (Å²) in [5.74, 6) is 0.935. The van der Waals surface area contributed by atoms with Crippen molar-refractivity contribution in [1.82, 2.24) is 4.98 Å². The summed E-state index contributed by atoms with van der Waals surface area (Å²) in [6, 6.07) is 10.7. The summed E-state index contributed by atoms with van der Waals surface area (Å²) in [6.45, 7) is 5.04. The summed E-state index contributed by atoms with van der Waals surface area (Å²) in [6.07, 6.45) is 3.94. The maximum Gasteiger partial charge on any atom is 0.135 e. The normalized spacial score (nSPS) is 18.7. The molecule has 126 valence electrons. The first-order valence-corrected chi connectivity index (χ1v) is 8.56. The van der Waals surface area contributed by atoms with Crippen molar-refractivity contribution in [2.75, 3.05) is 35.7 Å². The first-order chi connectivity index (χ1) is 11.7. The highest BCUT2D eigenvalue weighted by Gasteiger charge is 2.30. The van der Waals surface area contributed by atoms with E-state index in [1.54, 1.807) is 0 Å². The van der Waals surface area contributed by atoms with Crippen molar-refractivity contribution in [3.8, 4) is 0 Å². The van der Waals surface area contributed by atoms with Gasteiger partial charge in [0.1, 0.15) is 5.82 Å². The van der Waals surface area contributed by atoms with Crippen LogP contribution in [0.15, 0.2) is 36.5 Å². The first-order valence-electron chi connectivity index (χ1n) is 8.56. The number of piperidine rings is 1. The Labute approximate surface area is 143 Å². The van der Waals surface area contributed by atoms with Crippen LogP contribution in [-0.2, 0) is 11.3 Å². The molecule has 0 aliphatic carbocycles. The van der Waals surface area contributed by atoms with Crippen LogP contribution in [-0.4, -0.2) is 30.8 Å². The number of benzene rings is 1. The zero-order chi connectivity index (χ0) is 16.6. The molecule has 0 amide bonds. The molecule has 2 N–H and O–H groups in total. The van der Waals surface area contributed by atoms with E-state index >= 15 is 0 Å². The molecule has 2 aromatic rings. The van der Waals surface area contributed by atoms with E-state index in [0.29, 0.717) is 0 Å². The predicted molar refractivity (Wildman–Crippen MR) is 98.1 cm³/mol. The Kier molecular flexibility index (Phi) is 3.81. The molecule has 0 unspecified atom stereocenters. The van der Waals surface area contributed by atoms with Crippen LogP contribution in [0.1, 0.15) is 25.3 Å². The summed E-state index contributed by atoms with van der Waals surface area (Å²) >= 11 is 0. The number of ether oxygens (including phenoxy) is 1. The van der Waals surface area contributed by atoms with E-state index < -0.39 is 0 Å². The first kappa shape index (κ1) is 15.3. The number of nitrogens with zero attached hydrogens (tertiary/aromatic N) is 2. The highest BCUT2D eigenvalue weighted by molar-refractivity contribution is 5.79. The van der Waals surface area contributed by atoms with Crippen molar-refractivity contribution in [3.05, 3.63) is 42.1 Å². The number of rotatable bonds is 2. The fourth-order valence-electron chi connectivity index (χ4n) is 3.44. The minimum atomic E-state index is 0.0231. The summed E-state index contributed by atoms with van der Waals surface area (Å²) in [7, 11) is 1.82. The van der Waals surface area contributed by atoms with Gasteiger partial charge in [-0.05, 0) is 44.0 Å². The number of nitrogens with one attached hydrogen (secondary N) is 2. The highest BCUT2D eigenvalue weighted by Crippen LogP contribution is 2.35. The maximum absolute atomic E-state index is 5.65. The zero-order valence-corrected chi connectivity index (χ0v) is 14.3. The molecule has 0 atom stereocenters. The van der Waals surface area contributed by atoms with E-state index in [-0.39, 0.29) is 5.60 Å². The maximum atomic E-state index is 5.65. The monoisotopic (exact) mass is 324 g/mol. The summed E-state index contributed by atoms with van der Waals surface area (Å²) in [5.41, 5.74) is 4.68. The number of pyridine rings is 1. The van der Waals surface area contributed by atoms with Gasteiger partial charge in [0.2, 0.25) is 0 Å². The largest absolute Gasteiger partial charge is 0.379 e. The molecular formula is C19H24N4O. The van der Waals surface area contributed by atoms with E-state index in [1.807, 2.05) is 19.4 Å². The van der Waals surface area contributed by atoms with Gasteiger partial charge in [0, 0.05) is 44.2 Å². The Hall–Kier alpha value is -2.27. The summed E-state index contributed by atoms with van der Waals surface area (Å²) in [4.78, 5) is 6.88. The van der Waals surface area contributed by atoms with E-state index in [1.165, 1.54) is 11.3 Å². The topological polar surface area (TPSA) is 49.4 Å². The molecule has 0 radical (unpaired) electrons. The van der Waals surface area contributed by atoms with Crippen molar-refractivity contribution >= 4 is 22.9 Å². The van der Waals surface area contributed by atoms with Crippen LogP contribution in [0.4, 0.5) is 22.9 Å². The number of fused-ring (bicyclic) bond motifs is 2.